The standard InChI is InChI=1S/C17H24N2S/c1-13-6-8-17(9-7-13)12-20-16(19-17)18-11-15-5-3-4-14(2)10-15/h3-5,10,13H,6-9,11-12H2,1-2H3,(H,18,19). The van der Waals surface area contributed by atoms with Crippen molar-refractivity contribution in [3.05, 3.63) is 35.4 Å². The van der Waals surface area contributed by atoms with Crippen LogP contribution in [0.5, 0.6) is 0 Å². The van der Waals surface area contributed by atoms with Gasteiger partial charge >= 0.3 is 0 Å². The summed E-state index contributed by atoms with van der Waals surface area (Å²) in [5, 5.41) is 4.88. The van der Waals surface area contributed by atoms with Crippen molar-refractivity contribution < 1.29 is 0 Å². The second kappa shape index (κ2) is 5.80. The molecule has 3 rings (SSSR count). The van der Waals surface area contributed by atoms with E-state index in [4.69, 9.17) is 4.99 Å². The molecule has 1 saturated heterocycles. The van der Waals surface area contributed by atoms with E-state index in [1.165, 1.54) is 42.6 Å². The van der Waals surface area contributed by atoms with Crippen molar-refractivity contribution in [3.8, 4) is 0 Å². The Morgan fingerprint density at radius 2 is 2.15 bits per heavy atom. The van der Waals surface area contributed by atoms with Gasteiger partial charge in [0.15, 0.2) is 5.17 Å². The van der Waals surface area contributed by atoms with Crippen LogP contribution in [-0.4, -0.2) is 16.5 Å². The first-order chi connectivity index (χ1) is 9.65. The van der Waals surface area contributed by atoms with Crippen LogP contribution >= 0.6 is 11.8 Å². The summed E-state index contributed by atoms with van der Waals surface area (Å²) in [5.41, 5.74) is 2.97. The number of aryl methyl sites for hydroxylation is 1. The summed E-state index contributed by atoms with van der Waals surface area (Å²) in [7, 11) is 0. The number of rotatable bonds is 2. The molecule has 1 heterocycles. The van der Waals surface area contributed by atoms with E-state index < -0.39 is 0 Å². The van der Waals surface area contributed by atoms with Gasteiger partial charge in [-0.25, -0.2) is 0 Å². The zero-order valence-corrected chi connectivity index (χ0v) is 13.3. The van der Waals surface area contributed by atoms with Gasteiger partial charge in [-0.15, -0.1) is 0 Å². The molecule has 0 amide bonds. The number of nitrogens with one attached hydrogen (secondary N) is 1. The Balaban J connectivity index is 1.61. The number of hydrogen-bond donors (Lipinski definition) is 1. The summed E-state index contributed by atoms with van der Waals surface area (Å²) >= 11 is 1.91. The quantitative estimate of drug-likeness (QED) is 0.884. The second-order valence-electron chi connectivity index (χ2n) is 6.49. The highest BCUT2D eigenvalue weighted by molar-refractivity contribution is 8.14. The van der Waals surface area contributed by atoms with E-state index in [9.17, 15) is 0 Å². The molecule has 108 valence electrons. The van der Waals surface area contributed by atoms with Crippen molar-refractivity contribution in [1.29, 1.82) is 0 Å². The molecule has 0 radical (unpaired) electrons. The molecule has 0 unspecified atom stereocenters. The van der Waals surface area contributed by atoms with Crippen LogP contribution in [0, 0.1) is 12.8 Å². The highest BCUT2D eigenvalue weighted by atomic mass is 32.2. The third-order valence-corrected chi connectivity index (χ3v) is 5.78. The van der Waals surface area contributed by atoms with Crippen molar-refractivity contribution in [2.24, 2.45) is 10.9 Å². The molecule has 1 aliphatic heterocycles. The Bertz CT molecular complexity index is 501. The number of benzene rings is 1. The van der Waals surface area contributed by atoms with E-state index in [1.807, 2.05) is 11.8 Å². The van der Waals surface area contributed by atoms with E-state index in [1.54, 1.807) is 0 Å². The zero-order valence-electron chi connectivity index (χ0n) is 12.5. The van der Waals surface area contributed by atoms with Crippen LogP contribution in [0.4, 0.5) is 0 Å². The fraction of sp³-hybridized carbons (Fsp3) is 0.588. The van der Waals surface area contributed by atoms with E-state index >= 15 is 0 Å². The molecule has 1 spiro atoms. The first-order valence-electron chi connectivity index (χ1n) is 7.66. The van der Waals surface area contributed by atoms with E-state index in [0.717, 1.165) is 17.6 Å². The normalized spacial score (nSPS) is 31.7. The SMILES string of the molecule is Cc1cccc(CN=C2NC3(CCC(C)CC3)CS2)c1. The van der Waals surface area contributed by atoms with Gasteiger partial charge in [0.1, 0.15) is 0 Å². The van der Waals surface area contributed by atoms with Gasteiger partial charge in [0.25, 0.3) is 0 Å². The third-order valence-electron chi connectivity index (χ3n) is 4.58. The Morgan fingerprint density at radius 3 is 2.90 bits per heavy atom. The summed E-state index contributed by atoms with van der Waals surface area (Å²) in [4.78, 5) is 4.77. The van der Waals surface area contributed by atoms with Crippen molar-refractivity contribution in [3.63, 3.8) is 0 Å². The molecule has 1 aliphatic carbocycles. The molecule has 0 atom stereocenters. The summed E-state index contributed by atoms with van der Waals surface area (Å²) in [6.07, 6.45) is 5.34. The molecule has 3 heteroatoms. The fourth-order valence-electron chi connectivity index (χ4n) is 3.15. The molecular weight excluding hydrogens is 264 g/mol. The molecular formula is C17H24N2S. The van der Waals surface area contributed by atoms with Gasteiger partial charge in [0.05, 0.1) is 6.54 Å². The van der Waals surface area contributed by atoms with E-state index in [-0.39, 0.29) is 0 Å². The molecule has 1 aromatic carbocycles. The lowest BCUT2D eigenvalue weighted by Crippen LogP contribution is -2.46. The summed E-state index contributed by atoms with van der Waals surface area (Å²) in [6.45, 7) is 5.31. The van der Waals surface area contributed by atoms with Gasteiger partial charge in [-0.2, -0.15) is 0 Å². The Kier molecular flexibility index (Phi) is 4.06. The fourth-order valence-corrected chi connectivity index (χ4v) is 4.37. The summed E-state index contributed by atoms with van der Waals surface area (Å²) < 4.78 is 0. The molecule has 1 aromatic rings. The van der Waals surface area contributed by atoms with Crippen molar-refractivity contribution >= 4 is 16.9 Å². The Labute approximate surface area is 126 Å². The smallest absolute Gasteiger partial charge is 0.157 e. The van der Waals surface area contributed by atoms with Gasteiger partial charge in [0, 0.05) is 11.3 Å². The average Bonchev–Trinajstić information content (AvgIpc) is 2.84. The van der Waals surface area contributed by atoms with Crippen LogP contribution in [0.15, 0.2) is 29.3 Å². The second-order valence-corrected chi connectivity index (χ2v) is 7.45. The molecule has 2 nitrogen and oxygen atoms in total. The minimum atomic E-state index is 0.350. The molecule has 2 fully saturated rings. The van der Waals surface area contributed by atoms with Gasteiger partial charge < -0.3 is 5.32 Å². The lowest BCUT2D eigenvalue weighted by molar-refractivity contribution is 0.251. The molecule has 20 heavy (non-hydrogen) atoms. The number of thioether (sulfide) groups is 1. The van der Waals surface area contributed by atoms with Crippen LogP contribution < -0.4 is 5.32 Å². The number of nitrogens with zero attached hydrogens (tertiary/aromatic N) is 1. The minimum Gasteiger partial charge on any atom is -0.359 e. The monoisotopic (exact) mass is 288 g/mol. The van der Waals surface area contributed by atoms with Gasteiger partial charge in [-0.05, 0) is 44.1 Å². The lowest BCUT2D eigenvalue weighted by Gasteiger charge is -2.35. The minimum absolute atomic E-state index is 0.350. The van der Waals surface area contributed by atoms with Gasteiger partial charge in [-0.1, -0.05) is 48.5 Å². The van der Waals surface area contributed by atoms with E-state index in [2.05, 4.69) is 43.4 Å². The number of hydrogen-bond acceptors (Lipinski definition) is 2. The van der Waals surface area contributed by atoms with Crippen LogP contribution in [-0.2, 0) is 6.54 Å². The topological polar surface area (TPSA) is 24.4 Å². The zero-order chi connectivity index (χ0) is 14.0. The van der Waals surface area contributed by atoms with Gasteiger partial charge in [0.2, 0.25) is 0 Å². The predicted molar refractivity (Wildman–Crippen MR) is 88.3 cm³/mol. The first-order valence-corrected chi connectivity index (χ1v) is 8.65. The highest BCUT2D eigenvalue weighted by Gasteiger charge is 2.39. The van der Waals surface area contributed by atoms with E-state index in [0.29, 0.717) is 5.54 Å². The summed E-state index contributed by atoms with van der Waals surface area (Å²) in [6, 6.07) is 8.64. The van der Waals surface area contributed by atoms with Crippen molar-refractivity contribution in [2.45, 2.75) is 51.6 Å². The molecule has 0 aromatic heterocycles. The summed E-state index contributed by atoms with van der Waals surface area (Å²) in [5.74, 6) is 2.10. The maximum absolute atomic E-state index is 4.77. The molecule has 1 N–H and O–H groups in total. The van der Waals surface area contributed by atoms with Gasteiger partial charge in [-0.3, -0.25) is 4.99 Å². The van der Waals surface area contributed by atoms with Crippen LogP contribution in [0.3, 0.4) is 0 Å². The van der Waals surface area contributed by atoms with Crippen LogP contribution in [0.25, 0.3) is 0 Å². The highest BCUT2D eigenvalue weighted by Crippen LogP contribution is 2.38. The lowest BCUT2D eigenvalue weighted by atomic mass is 9.78. The number of aliphatic imine (C=N–C) groups is 1. The Hall–Kier alpha value is -0.960. The van der Waals surface area contributed by atoms with Crippen LogP contribution in [0.2, 0.25) is 0 Å². The van der Waals surface area contributed by atoms with Crippen molar-refractivity contribution in [2.75, 3.05) is 5.75 Å². The largest absolute Gasteiger partial charge is 0.359 e. The maximum Gasteiger partial charge on any atom is 0.157 e. The third kappa shape index (κ3) is 3.20. The molecule has 0 bridgehead atoms. The number of amidine groups is 1. The van der Waals surface area contributed by atoms with Crippen LogP contribution in [0.1, 0.15) is 43.7 Å². The van der Waals surface area contributed by atoms with Crippen molar-refractivity contribution in [1.82, 2.24) is 5.32 Å². The molecule has 2 aliphatic rings. The predicted octanol–water partition coefficient (Wildman–Crippen LogP) is 4.14. The average molecular weight is 288 g/mol. The maximum atomic E-state index is 4.77. The first kappa shape index (κ1) is 14.0. The molecule has 1 saturated carbocycles. The Morgan fingerprint density at radius 1 is 1.35 bits per heavy atom.